The molecule has 1 fully saturated rings. The van der Waals surface area contributed by atoms with E-state index in [1.54, 1.807) is 22.3 Å². The number of anilines is 1. The predicted octanol–water partition coefficient (Wildman–Crippen LogP) is 6.68. The van der Waals surface area contributed by atoms with E-state index in [2.05, 4.69) is 96.4 Å². The topological polar surface area (TPSA) is 6.48 Å². The molecule has 0 bridgehead atoms. The molecule has 5 rings (SSSR count). The van der Waals surface area contributed by atoms with Gasteiger partial charge in [-0.05, 0) is 98.5 Å². The highest BCUT2D eigenvalue weighted by atomic mass is 15.1. The Labute approximate surface area is 200 Å². The Morgan fingerprint density at radius 3 is 1.82 bits per heavy atom. The third-order valence-electron chi connectivity index (χ3n) is 8.02. The molecule has 172 valence electrons. The Morgan fingerprint density at radius 2 is 1.27 bits per heavy atom. The fourth-order valence-corrected chi connectivity index (χ4v) is 6.18. The Balaban J connectivity index is 1.29. The molecule has 0 saturated carbocycles. The van der Waals surface area contributed by atoms with Gasteiger partial charge < -0.3 is 4.90 Å². The van der Waals surface area contributed by atoms with Crippen LogP contribution >= 0.6 is 0 Å². The van der Waals surface area contributed by atoms with Crippen molar-refractivity contribution in [3.63, 3.8) is 0 Å². The predicted molar refractivity (Wildman–Crippen MR) is 140 cm³/mol. The second-order valence-corrected chi connectivity index (χ2v) is 9.83. The van der Waals surface area contributed by atoms with E-state index in [1.807, 2.05) is 0 Å². The van der Waals surface area contributed by atoms with Gasteiger partial charge in [-0.1, -0.05) is 60.7 Å². The van der Waals surface area contributed by atoms with Crippen LogP contribution in [0.4, 0.5) is 5.69 Å². The van der Waals surface area contributed by atoms with Gasteiger partial charge in [-0.2, -0.15) is 0 Å². The second kappa shape index (κ2) is 10.1. The van der Waals surface area contributed by atoms with Gasteiger partial charge in [0.1, 0.15) is 0 Å². The Morgan fingerprint density at radius 1 is 0.727 bits per heavy atom. The van der Waals surface area contributed by atoms with E-state index >= 15 is 0 Å². The molecule has 3 aromatic rings. The number of hydrogen-bond donors (Lipinski definition) is 0. The molecule has 0 aromatic heterocycles. The summed E-state index contributed by atoms with van der Waals surface area (Å²) in [5, 5.41) is 0. The zero-order valence-corrected chi connectivity index (χ0v) is 20.3. The van der Waals surface area contributed by atoms with Crippen molar-refractivity contribution in [1.82, 2.24) is 4.90 Å². The molecule has 0 radical (unpaired) electrons. The summed E-state index contributed by atoms with van der Waals surface area (Å²) >= 11 is 0. The van der Waals surface area contributed by atoms with Crippen molar-refractivity contribution in [3.05, 3.63) is 101 Å². The highest BCUT2D eigenvalue weighted by molar-refractivity contribution is 5.48. The van der Waals surface area contributed by atoms with Gasteiger partial charge in [0.05, 0.1) is 0 Å². The Kier molecular flexibility index (Phi) is 6.83. The van der Waals surface area contributed by atoms with Gasteiger partial charge >= 0.3 is 0 Å². The molecule has 1 aliphatic carbocycles. The van der Waals surface area contributed by atoms with Crippen LogP contribution in [0.5, 0.6) is 0 Å². The standard InChI is InChI=1S/C31H38N2/c1-3-33(4-2)28-17-13-24(14-18-28)23-32-21-19-27(20-22-32)31-29-11-7-5-9-25(29)15-16-26-10-6-8-12-30(26)31/h5-14,17-18,27,31H,3-4,15-16,19-23H2,1-2H3. The molecule has 1 aliphatic heterocycles. The third-order valence-corrected chi connectivity index (χ3v) is 8.02. The molecular formula is C31H38N2. The number of hydrogen-bond acceptors (Lipinski definition) is 2. The van der Waals surface area contributed by atoms with Crippen molar-refractivity contribution in [2.24, 2.45) is 5.92 Å². The van der Waals surface area contributed by atoms with Gasteiger partial charge in [-0.15, -0.1) is 0 Å². The molecule has 2 heteroatoms. The van der Waals surface area contributed by atoms with Crippen LogP contribution in [-0.4, -0.2) is 31.1 Å². The number of likely N-dealkylation sites (tertiary alicyclic amines) is 1. The van der Waals surface area contributed by atoms with Crippen LogP contribution < -0.4 is 4.90 Å². The molecule has 1 saturated heterocycles. The molecule has 33 heavy (non-hydrogen) atoms. The fraction of sp³-hybridized carbons (Fsp3) is 0.419. The summed E-state index contributed by atoms with van der Waals surface area (Å²) in [7, 11) is 0. The second-order valence-electron chi connectivity index (χ2n) is 9.83. The lowest BCUT2D eigenvalue weighted by atomic mass is 9.74. The number of fused-ring (bicyclic) bond motifs is 2. The first-order chi connectivity index (χ1) is 16.3. The minimum Gasteiger partial charge on any atom is -0.372 e. The van der Waals surface area contributed by atoms with Crippen molar-refractivity contribution in [2.45, 2.75) is 52.0 Å². The van der Waals surface area contributed by atoms with Gasteiger partial charge in [-0.3, -0.25) is 4.90 Å². The van der Waals surface area contributed by atoms with Crippen molar-refractivity contribution in [2.75, 3.05) is 31.1 Å². The summed E-state index contributed by atoms with van der Waals surface area (Å²) in [6, 6.07) is 27.7. The van der Waals surface area contributed by atoms with Crippen LogP contribution in [0.15, 0.2) is 72.8 Å². The van der Waals surface area contributed by atoms with Gasteiger partial charge in [0.25, 0.3) is 0 Å². The molecular weight excluding hydrogens is 400 g/mol. The van der Waals surface area contributed by atoms with E-state index in [0.29, 0.717) is 5.92 Å². The fourth-order valence-electron chi connectivity index (χ4n) is 6.18. The molecule has 2 aliphatic rings. The maximum Gasteiger partial charge on any atom is 0.0366 e. The summed E-state index contributed by atoms with van der Waals surface area (Å²) in [6.07, 6.45) is 4.91. The summed E-state index contributed by atoms with van der Waals surface area (Å²) in [5.41, 5.74) is 9.09. The quantitative estimate of drug-likeness (QED) is 0.424. The number of piperidine rings is 1. The summed E-state index contributed by atoms with van der Waals surface area (Å²) < 4.78 is 0. The van der Waals surface area contributed by atoms with Gasteiger partial charge in [0.15, 0.2) is 0 Å². The lowest BCUT2D eigenvalue weighted by Crippen LogP contribution is -2.35. The van der Waals surface area contributed by atoms with E-state index in [9.17, 15) is 0 Å². The number of aryl methyl sites for hydroxylation is 2. The van der Waals surface area contributed by atoms with Crippen molar-refractivity contribution >= 4 is 5.69 Å². The van der Waals surface area contributed by atoms with E-state index < -0.39 is 0 Å². The van der Waals surface area contributed by atoms with Crippen LogP contribution in [0, 0.1) is 5.92 Å². The highest BCUT2D eigenvalue weighted by Crippen LogP contribution is 2.43. The van der Waals surface area contributed by atoms with Crippen LogP contribution in [-0.2, 0) is 19.4 Å². The number of benzene rings is 3. The van der Waals surface area contributed by atoms with Crippen molar-refractivity contribution in [3.8, 4) is 0 Å². The molecule has 3 aromatic carbocycles. The highest BCUT2D eigenvalue weighted by Gasteiger charge is 2.32. The van der Waals surface area contributed by atoms with Crippen molar-refractivity contribution in [1.29, 1.82) is 0 Å². The average Bonchev–Trinajstić information content (AvgIpc) is 3.03. The van der Waals surface area contributed by atoms with Gasteiger partial charge in [0.2, 0.25) is 0 Å². The van der Waals surface area contributed by atoms with Gasteiger partial charge in [0, 0.05) is 31.2 Å². The minimum absolute atomic E-state index is 0.551. The normalized spacial score (nSPS) is 17.3. The lowest BCUT2D eigenvalue weighted by Gasteiger charge is -2.37. The molecule has 2 nitrogen and oxygen atoms in total. The van der Waals surface area contributed by atoms with E-state index in [4.69, 9.17) is 0 Å². The van der Waals surface area contributed by atoms with Crippen LogP contribution in [0.25, 0.3) is 0 Å². The maximum absolute atomic E-state index is 2.66. The van der Waals surface area contributed by atoms with E-state index in [-0.39, 0.29) is 0 Å². The largest absolute Gasteiger partial charge is 0.372 e. The maximum atomic E-state index is 2.66. The molecule has 0 amide bonds. The summed E-state index contributed by atoms with van der Waals surface area (Å²) in [5.74, 6) is 1.28. The van der Waals surface area contributed by atoms with Crippen molar-refractivity contribution < 1.29 is 0 Å². The van der Waals surface area contributed by atoms with Crippen LogP contribution in [0.1, 0.15) is 60.4 Å². The van der Waals surface area contributed by atoms with E-state index in [1.165, 1.54) is 50.0 Å². The first-order valence-corrected chi connectivity index (χ1v) is 13.0. The zero-order chi connectivity index (χ0) is 22.6. The first-order valence-electron chi connectivity index (χ1n) is 13.0. The van der Waals surface area contributed by atoms with Gasteiger partial charge in [-0.25, -0.2) is 0 Å². The number of rotatable bonds is 6. The summed E-state index contributed by atoms with van der Waals surface area (Å²) in [4.78, 5) is 5.08. The molecule has 0 unspecified atom stereocenters. The lowest BCUT2D eigenvalue weighted by molar-refractivity contribution is 0.168. The average molecular weight is 439 g/mol. The smallest absolute Gasteiger partial charge is 0.0366 e. The zero-order valence-electron chi connectivity index (χ0n) is 20.3. The third kappa shape index (κ3) is 4.73. The Hall–Kier alpha value is -2.58. The SMILES string of the molecule is CCN(CC)c1ccc(CN2CCC(C3c4ccccc4CCc4ccccc43)CC2)cc1. The van der Waals surface area contributed by atoms with E-state index in [0.717, 1.165) is 25.6 Å². The minimum atomic E-state index is 0.551. The Bertz CT molecular complexity index is 995. The monoisotopic (exact) mass is 438 g/mol. The molecule has 0 N–H and O–H groups in total. The first kappa shape index (κ1) is 22.2. The van der Waals surface area contributed by atoms with Crippen LogP contribution in [0.2, 0.25) is 0 Å². The molecule has 0 spiro atoms. The van der Waals surface area contributed by atoms with Crippen LogP contribution in [0.3, 0.4) is 0 Å². The summed E-state index contributed by atoms with van der Waals surface area (Å²) in [6.45, 7) is 10.1. The molecule has 1 heterocycles. The number of nitrogens with zero attached hydrogens (tertiary/aromatic N) is 2. The molecule has 0 atom stereocenters.